The Hall–Kier alpha value is -4.37. The number of aromatic nitrogens is 2. The number of rotatable bonds is 5. The van der Waals surface area contributed by atoms with Crippen molar-refractivity contribution in [3.05, 3.63) is 94.8 Å². The summed E-state index contributed by atoms with van der Waals surface area (Å²) in [5, 5.41) is 20.7. The van der Waals surface area contributed by atoms with E-state index >= 15 is 0 Å². The quantitative estimate of drug-likeness (QED) is 0.241. The lowest BCUT2D eigenvalue weighted by Crippen LogP contribution is -2.29. The van der Waals surface area contributed by atoms with E-state index in [9.17, 15) is 24.6 Å². The molecule has 0 spiro atoms. The second kappa shape index (κ2) is 8.77. The number of fused-ring (bicyclic) bond motifs is 1. The Bertz CT molecular complexity index is 1510. The molecule has 3 heterocycles. The average molecular weight is 486 g/mol. The van der Waals surface area contributed by atoms with E-state index in [-0.39, 0.29) is 22.0 Å². The predicted molar refractivity (Wildman–Crippen MR) is 131 cm³/mol. The lowest BCUT2D eigenvalue weighted by molar-refractivity contribution is -0.132. The van der Waals surface area contributed by atoms with Gasteiger partial charge in [0.25, 0.3) is 5.78 Å². The summed E-state index contributed by atoms with van der Waals surface area (Å²) in [5.74, 6) is -3.02. The number of pyridine rings is 1. The Balaban J connectivity index is 1.69. The fourth-order valence-corrected chi connectivity index (χ4v) is 5.12. The Morgan fingerprint density at radius 3 is 2.46 bits per heavy atom. The van der Waals surface area contributed by atoms with Gasteiger partial charge in [-0.25, -0.2) is 9.78 Å². The molecule has 0 aliphatic carbocycles. The Labute approximate surface area is 203 Å². The highest BCUT2D eigenvalue weighted by Crippen LogP contribution is 2.44. The highest BCUT2D eigenvalue weighted by molar-refractivity contribution is 7.22. The zero-order chi connectivity index (χ0) is 24.7. The minimum Gasteiger partial charge on any atom is -0.507 e. The monoisotopic (exact) mass is 485 g/mol. The molecule has 0 radical (unpaired) electrons. The number of carbonyl (C=O) groups excluding carboxylic acids is 2. The van der Waals surface area contributed by atoms with Crippen molar-refractivity contribution in [2.75, 3.05) is 4.90 Å². The summed E-state index contributed by atoms with van der Waals surface area (Å²) in [6.07, 6.45) is 3.93. The van der Waals surface area contributed by atoms with Crippen LogP contribution in [-0.2, 0) is 16.0 Å². The van der Waals surface area contributed by atoms with Crippen LogP contribution in [0.1, 0.15) is 40.0 Å². The molecule has 1 aliphatic rings. The van der Waals surface area contributed by atoms with Crippen LogP contribution in [0.5, 0.6) is 0 Å². The molecule has 2 aromatic heterocycles. The number of ketones is 1. The van der Waals surface area contributed by atoms with E-state index in [4.69, 9.17) is 0 Å². The van der Waals surface area contributed by atoms with Crippen LogP contribution in [0.15, 0.2) is 72.6 Å². The number of aliphatic hydroxyl groups excluding tert-OH is 1. The molecule has 2 N–H and O–H groups in total. The zero-order valence-electron chi connectivity index (χ0n) is 18.5. The van der Waals surface area contributed by atoms with Crippen molar-refractivity contribution in [2.45, 2.75) is 19.4 Å². The van der Waals surface area contributed by atoms with Crippen LogP contribution in [0.4, 0.5) is 5.13 Å². The van der Waals surface area contributed by atoms with E-state index in [0.29, 0.717) is 21.3 Å². The summed E-state index contributed by atoms with van der Waals surface area (Å²) in [6, 6.07) is 14.1. The van der Waals surface area contributed by atoms with Crippen LogP contribution in [0, 0.1) is 0 Å². The predicted octanol–water partition coefficient (Wildman–Crippen LogP) is 4.58. The van der Waals surface area contributed by atoms with Crippen molar-refractivity contribution < 1.29 is 24.6 Å². The summed E-state index contributed by atoms with van der Waals surface area (Å²) in [4.78, 5) is 47.8. The third kappa shape index (κ3) is 3.85. The Morgan fingerprint density at radius 2 is 1.80 bits per heavy atom. The molecule has 174 valence electrons. The number of carbonyl (C=O) groups is 3. The first-order valence-corrected chi connectivity index (χ1v) is 11.6. The van der Waals surface area contributed by atoms with Gasteiger partial charge in [0, 0.05) is 18.0 Å². The molecule has 1 unspecified atom stereocenters. The highest BCUT2D eigenvalue weighted by Gasteiger charge is 2.48. The SMILES string of the molecule is CCc1ccc(/C(O)=C2\C(=O)C(=O)N(c3nc4ccc(C(=O)O)cc4s3)C2c2cccnc2)cc1. The summed E-state index contributed by atoms with van der Waals surface area (Å²) in [5.41, 5.74) is 2.55. The van der Waals surface area contributed by atoms with Gasteiger partial charge in [0.15, 0.2) is 5.13 Å². The summed E-state index contributed by atoms with van der Waals surface area (Å²) in [7, 11) is 0. The number of aromatic carboxylic acids is 1. The molecule has 1 saturated heterocycles. The van der Waals surface area contributed by atoms with E-state index < -0.39 is 23.7 Å². The molecule has 0 bridgehead atoms. The number of anilines is 1. The van der Waals surface area contributed by atoms with Gasteiger partial charge >= 0.3 is 11.9 Å². The van der Waals surface area contributed by atoms with Gasteiger partial charge in [0.1, 0.15) is 5.76 Å². The summed E-state index contributed by atoms with van der Waals surface area (Å²) < 4.78 is 0.557. The molecular formula is C26H19N3O5S. The molecule has 0 saturated carbocycles. The fraction of sp³-hybridized carbons (Fsp3) is 0.115. The van der Waals surface area contributed by atoms with E-state index in [1.165, 1.54) is 23.2 Å². The van der Waals surface area contributed by atoms with Crippen LogP contribution in [0.25, 0.3) is 16.0 Å². The maximum Gasteiger partial charge on any atom is 0.335 e. The van der Waals surface area contributed by atoms with Gasteiger partial charge in [-0.2, -0.15) is 0 Å². The Morgan fingerprint density at radius 1 is 1.06 bits per heavy atom. The first-order valence-electron chi connectivity index (χ1n) is 10.8. The second-order valence-corrected chi connectivity index (χ2v) is 9.00. The van der Waals surface area contributed by atoms with Crippen molar-refractivity contribution in [2.24, 2.45) is 0 Å². The van der Waals surface area contributed by atoms with Gasteiger partial charge in [0.05, 0.1) is 27.4 Å². The summed E-state index contributed by atoms with van der Waals surface area (Å²) >= 11 is 1.10. The van der Waals surface area contributed by atoms with Crippen LogP contribution >= 0.6 is 11.3 Å². The molecule has 1 fully saturated rings. The molecule has 5 rings (SSSR count). The molecule has 2 aromatic carbocycles. The van der Waals surface area contributed by atoms with Gasteiger partial charge in [-0.1, -0.05) is 48.6 Å². The molecule has 8 nitrogen and oxygen atoms in total. The largest absolute Gasteiger partial charge is 0.507 e. The van der Waals surface area contributed by atoms with E-state index in [1.54, 1.807) is 36.5 Å². The molecule has 9 heteroatoms. The fourth-order valence-electron chi connectivity index (χ4n) is 4.09. The van der Waals surface area contributed by atoms with Crippen molar-refractivity contribution in [1.82, 2.24) is 9.97 Å². The number of hydrogen-bond acceptors (Lipinski definition) is 7. The molecule has 4 aromatic rings. The smallest absolute Gasteiger partial charge is 0.335 e. The Kier molecular flexibility index (Phi) is 5.62. The first-order chi connectivity index (χ1) is 16.9. The van der Waals surface area contributed by atoms with Gasteiger partial charge in [-0.15, -0.1) is 0 Å². The number of hydrogen-bond donors (Lipinski definition) is 2. The number of thiazole rings is 1. The maximum absolute atomic E-state index is 13.3. The van der Waals surface area contributed by atoms with Crippen molar-refractivity contribution in [3.63, 3.8) is 0 Å². The van der Waals surface area contributed by atoms with Crippen LogP contribution in [0.3, 0.4) is 0 Å². The van der Waals surface area contributed by atoms with Crippen LogP contribution in [0.2, 0.25) is 0 Å². The number of benzene rings is 2. The van der Waals surface area contributed by atoms with Gasteiger partial charge in [-0.05, 0) is 41.8 Å². The van der Waals surface area contributed by atoms with Crippen molar-refractivity contribution in [1.29, 1.82) is 0 Å². The molecule has 1 aliphatic heterocycles. The second-order valence-electron chi connectivity index (χ2n) is 7.99. The van der Waals surface area contributed by atoms with Gasteiger partial charge < -0.3 is 10.2 Å². The lowest BCUT2D eigenvalue weighted by atomic mass is 9.96. The number of amides is 1. The maximum atomic E-state index is 13.3. The van der Waals surface area contributed by atoms with Crippen molar-refractivity contribution >= 4 is 50.1 Å². The number of Topliss-reactive ketones (excluding diaryl/α,β-unsaturated/α-hetero) is 1. The van der Waals surface area contributed by atoms with Crippen LogP contribution in [-0.4, -0.2) is 37.8 Å². The minimum atomic E-state index is -1.08. The lowest BCUT2D eigenvalue weighted by Gasteiger charge is -2.22. The number of aliphatic hydroxyl groups is 1. The topological polar surface area (TPSA) is 121 Å². The molecule has 1 amide bonds. The molecular weight excluding hydrogens is 466 g/mol. The van der Waals surface area contributed by atoms with E-state index in [0.717, 1.165) is 23.3 Å². The molecule has 35 heavy (non-hydrogen) atoms. The highest BCUT2D eigenvalue weighted by atomic mass is 32.1. The van der Waals surface area contributed by atoms with Crippen molar-refractivity contribution in [3.8, 4) is 0 Å². The average Bonchev–Trinajstić information content (AvgIpc) is 3.41. The zero-order valence-corrected chi connectivity index (χ0v) is 19.3. The number of aryl methyl sites for hydroxylation is 1. The normalized spacial score (nSPS) is 17.3. The van der Waals surface area contributed by atoms with Gasteiger partial charge in [0.2, 0.25) is 0 Å². The summed E-state index contributed by atoms with van der Waals surface area (Å²) in [6.45, 7) is 2.01. The molecule has 1 atom stereocenters. The minimum absolute atomic E-state index is 0.0577. The number of nitrogens with zero attached hydrogens (tertiary/aromatic N) is 3. The number of carboxylic acid groups (broad SMARTS) is 1. The van der Waals surface area contributed by atoms with Crippen LogP contribution < -0.4 is 4.90 Å². The standard InChI is InChI=1S/C26H19N3O5S/c1-2-14-5-7-15(8-6-14)22(30)20-21(17-4-3-11-27-13-17)29(24(32)23(20)31)26-28-18-10-9-16(25(33)34)12-19(18)35-26/h3-13,21,30H,2H2,1H3,(H,33,34)/b22-20+. The van der Waals surface area contributed by atoms with E-state index in [1.807, 2.05) is 19.1 Å². The third-order valence-electron chi connectivity index (χ3n) is 5.91. The third-order valence-corrected chi connectivity index (χ3v) is 6.93. The van der Waals surface area contributed by atoms with Gasteiger partial charge in [-0.3, -0.25) is 19.5 Å². The number of carboxylic acids is 1. The first kappa shape index (κ1) is 22.4. The van der Waals surface area contributed by atoms with E-state index in [2.05, 4.69) is 9.97 Å².